The van der Waals surface area contributed by atoms with Crippen molar-refractivity contribution >= 4 is 12.6 Å². The fourth-order valence-corrected chi connectivity index (χ4v) is 2.72. The molecule has 0 atom stereocenters. The van der Waals surface area contributed by atoms with E-state index < -0.39 is 0 Å². The quantitative estimate of drug-likeness (QED) is 0.326. The van der Waals surface area contributed by atoms with Crippen molar-refractivity contribution in [2.24, 2.45) is 5.73 Å². The molecule has 3 nitrogen and oxygen atoms in total. The van der Waals surface area contributed by atoms with Crippen molar-refractivity contribution < 1.29 is 4.57 Å². The van der Waals surface area contributed by atoms with Crippen LogP contribution in [0.3, 0.4) is 0 Å². The van der Waals surface area contributed by atoms with Gasteiger partial charge in [-0.15, -0.1) is 0 Å². The Balaban J connectivity index is 1.83. The summed E-state index contributed by atoms with van der Waals surface area (Å²) in [6.07, 6.45) is 19.9. The first kappa shape index (κ1) is 17.6. The summed E-state index contributed by atoms with van der Waals surface area (Å²) in [7, 11) is 0. The number of nitrogens with zero attached hydrogens (tertiary/aromatic N) is 2. The minimum Gasteiger partial charge on any atom is -0.295 e. The summed E-state index contributed by atoms with van der Waals surface area (Å²) in [6.45, 7) is 1.69. The predicted molar refractivity (Wildman–Crippen MR) is 88.8 cm³/mol. The Morgan fingerprint density at radius 1 is 0.850 bits per heavy atom. The second kappa shape index (κ2) is 12.3. The van der Waals surface area contributed by atoms with E-state index in [1.165, 1.54) is 64.2 Å². The molecular formula is C16H32N3S+. The van der Waals surface area contributed by atoms with Gasteiger partial charge in [0, 0.05) is 0 Å². The molecule has 1 aromatic rings. The Morgan fingerprint density at radius 2 is 1.40 bits per heavy atom. The standard InChI is InChI=1S/C16H31N3S/c17-15-19-13-12-18(16-19)11-9-7-5-3-1-2-4-6-8-10-14-20/h12-13,16H,1-11,14-15,17H2/p+1. The van der Waals surface area contributed by atoms with Crippen molar-refractivity contribution in [3.05, 3.63) is 18.7 Å². The summed E-state index contributed by atoms with van der Waals surface area (Å²) in [5, 5.41) is 0. The fraction of sp³-hybridized carbons (Fsp3) is 0.812. The van der Waals surface area contributed by atoms with Crippen molar-refractivity contribution in [2.45, 2.75) is 77.4 Å². The number of aromatic nitrogens is 2. The minimum atomic E-state index is 0.570. The van der Waals surface area contributed by atoms with Gasteiger partial charge in [-0.1, -0.05) is 44.9 Å². The van der Waals surface area contributed by atoms with Crippen molar-refractivity contribution in [1.82, 2.24) is 4.57 Å². The van der Waals surface area contributed by atoms with Crippen LogP contribution >= 0.6 is 12.6 Å². The first-order valence-corrected chi connectivity index (χ1v) is 8.86. The number of imidazole rings is 1. The first-order chi connectivity index (χ1) is 9.86. The Labute approximate surface area is 130 Å². The molecule has 0 spiro atoms. The van der Waals surface area contributed by atoms with Gasteiger partial charge >= 0.3 is 0 Å². The average molecular weight is 299 g/mol. The van der Waals surface area contributed by atoms with Gasteiger partial charge in [0.15, 0.2) is 0 Å². The molecular weight excluding hydrogens is 266 g/mol. The van der Waals surface area contributed by atoms with Crippen LogP contribution in [0, 0.1) is 0 Å². The lowest BCUT2D eigenvalue weighted by Gasteiger charge is -2.01. The molecule has 4 heteroatoms. The third-order valence-electron chi connectivity index (χ3n) is 3.78. The number of thiol groups is 1. The van der Waals surface area contributed by atoms with E-state index in [0.29, 0.717) is 6.67 Å². The molecule has 0 bridgehead atoms. The van der Waals surface area contributed by atoms with Gasteiger partial charge in [-0.3, -0.25) is 5.73 Å². The van der Waals surface area contributed by atoms with E-state index in [-0.39, 0.29) is 0 Å². The first-order valence-electron chi connectivity index (χ1n) is 8.22. The highest BCUT2D eigenvalue weighted by atomic mass is 32.1. The average Bonchev–Trinajstić information content (AvgIpc) is 2.93. The van der Waals surface area contributed by atoms with Crippen molar-refractivity contribution in [3.63, 3.8) is 0 Å². The van der Waals surface area contributed by atoms with Crippen LogP contribution in [0.5, 0.6) is 0 Å². The van der Waals surface area contributed by atoms with Gasteiger partial charge in [0.2, 0.25) is 6.33 Å². The second-order valence-corrected chi connectivity index (χ2v) is 6.05. The minimum absolute atomic E-state index is 0.570. The fourth-order valence-electron chi connectivity index (χ4n) is 2.50. The lowest BCUT2D eigenvalue weighted by molar-refractivity contribution is -0.695. The summed E-state index contributed by atoms with van der Waals surface area (Å²) in [6, 6.07) is 0. The lowest BCUT2D eigenvalue weighted by Crippen LogP contribution is -2.35. The number of aryl methyl sites for hydroxylation is 1. The number of unbranched alkanes of at least 4 members (excludes halogenated alkanes) is 9. The zero-order chi connectivity index (χ0) is 14.5. The molecule has 2 N–H and O–H groups in total. The van der Waals surface area contributed by atoms with E-state index in [1.807, 2.05) is 10.8 Å². The van der Waals surface area contributed by atoms with Crippen molar-refractivity contribution in [2.75, 3.05) is 5.75 Å². The Hall–Kier alpha value is -0.480. The molecule has 20 heavy (non-hydrogen) atoms. The molecule has 0 aromatic carbocycles. The van der Waals surface area contributed by atoms with Crippen LogP contribution in [0.15, 0.2) is 18.7 Å². The van der Waals surface area contributed by atoms with E-state index in [9.17, 15) is 0 Å². The maximum absolute atomic E-state index is 5.57. The molecule has 0 unspecified atom stereocenters. The van der Waals surface area contributed by atoms with Crippen LogP contribution in [0.2, 0.25) is 0 Å². The number of hydrogen-bond acceptors (Lipinski definition) is 2. The molecule has 0 aliphatic rings. The van der Waals surface area contributed by atoms with Crippen LogP contribution in [-0.2, 0) is 13.2 Å². The summed E-state index contributed by atoms with van der Waals surface area (Å²) < 4.78 is 4.24. The second-order valence-electron chi connectivity index (χ2n) is 5.61. The maximum atomic E-state index is 5.57. The van der Waals surface area contributed by atoms with Gasteiger partial charge in [-0.05, 0) is 25.0 Å². The van der Waals surface area contributed by atoms with Gasteiger partial charge in [0.25, 0.3) is 0 Å². The highest BCUT2D eigenvalue weighted by Crippen LogP contribution is 2.11. The molecule has 1 heterocycles. The predicted octanol–water partition coefficient (Wildman–Crippen LogP) is 3.52. The van der Waals surface area contributed by atoms with Gasteiger partial charge in [0.1, 0.15) is 19.1 Å². The molecule has 0 radical (unpaired) electrons. The Morgan fingerprint density at radius 3 is 1.90 bits per heavy atom. The molecule has 1 aromatic heterocycles. The monoisotopic (exact) mass is 298 g/mol. The van der Waals surface area contributed by atoms with Gasteiger partial charge < -0.3 is 0 Å². The van der Waals surface area contributed by atoms with E-state index in [0.717, 1.165) is 12.3 Å². The highest BCUT2D eigenvalue weighted by Gasteiger charge is 2.01. The maximum Gasteiger partial charge on any atom is 0.244 e. The normalized spacial score (nSPS) is 11.1. The third kappa shape index (κ3) is 8.64. The molecule has 0 saturated carbocycles. The topological polar surface area (TPSA) is 34.8 Å². The summed E-state index contributed by atoms with van der Waals surface area (Å²) >= 11 is 4.24. The molecule has 1 rings (SSSR count). The SMILES string of the molecule is NC[n+]1ccn(CCCCCCCCCCCCS)c1. The Kier molecular flexibility index (Phi) is 10.8. The van der Waals surface area contributed by atoms with Crippen LogP contribution in [0.1, 0.15) is 64.2 Å². The van der Waals surface area contributed by atoms with E-state index in [4.69, 9.17) is 5.73 Å². The number of nitrogens with two attached hydrogens (primary N) is 1. The third-order valence-corrected chi connectivity index (χ3v) is 4.10. The van der Waals surface area contributed by atoms with Crippen LogP contribution in [-0.4, -0.2) is 10.3 Å². The summed E-state index contributed by atoms with van der Waals surface area (Å²) in [5.41, 5.74) is 5.57. The summed E-state index contributed by atoms with van der Waals surface area (Å²) in [5.74, 6) is 1.05. The Bertz CT molecular complexity index is 325. The van der Waals surface area contributed by atoms with E-state index >= 15 is 0 Å². The largest absolute Gasteiger partial charge is 0.295 e. The van der Waals surface area contributed by atoms with E-state index in [2.05, 4.69) is 29.7 Å². The van der Waals surface area contributed by atoms with Crippen LogP contribution < -0.4 is 10.3 Å². The van der Waals surface area contributed by atoms with E-state index in [1.54, 1.807) is 0 Å². The lowest BCUT2D eigenvalue weighted by atomic mass is 10.1. The molecule has 0 aliphatic carbocycles. The zero-order valence-corrected chi connectivity index (χ0v) is 13.7. The van der Waals surface area contributed by atoms with Crippen molar-refractivity contribution in [1.29, 1.82) is 0 Å². The molecule has 0 amide bonds. The number of rotatable bonds is 13. The molecule has 0 aliphatic heterocycles. The summed E-state index contributed by atoms with van der Waals surface area (Å²) in [4.78, 5) is 0. The van der Waals surface area contributed by atoms with Crippen molar-refractivity contribution in [3.8, 4) is 0 Å². The zero-order valence-electron chi connectivity index (χ0n) is 12.8. The van der Waals surface area contributed by atoms with Crippen LogP contribution in [0.25, 0.3) is 0 Å². The molecule has 116 valence electrons. The number of hydrogen-bond donors (Lipinski definition) is 2. The van der Waals surface area contributed by atoms with Crippen LogP contribution in [0.4, 0.5) is 0 Å². The van der Waals surface area contributed by atoms with Gasteiger partial charge in [-0.25, -0.2) is 9.13 Å². The van der Waals surface area contributed by atoms with Gasteiger partial charge in [0.05, 0.1) is 6.54 Å². The molecule has 0 fully saturated rings. The van der Waals surface area contributed by atoms with Gasteiger partial charge in [-0.2, -0.15) is 12.6 Å². The highest BCUT2D eigenvalue weighted by molar-refractivity contribution is 7.80. The smallest absolute Gasteiger partial charge is 0.244 e. The molecule has 0 saturated heterocycles.